The van der Waals surface area contributed by atoms with E-state index in [0.717, 1.165) is 22.6 Å². The fourth-order valence-electron chi connectivity index (χ4n) is 4.02. The highest BCUT2D eigenvalue weighted by Gasteiger charge is 2.27. The average Bonchev–Trinajstić information content (AvgIpc) is 3.10. The predicted octanol–water partition coefficient (Wildman–Crippen LogP) is 4.44. The first-order valence-corrected chi connectivity index (χ1v) is 10.9. The van der Waals surface area contributed by atoms with Gasteiger partial charge in [0.1, 0.15) is 0 Å². The number of carbonyl (C=O) groups is 2. The lowest BCUT2D eigenvalue weighted by Gasteiger charge is -2.34. The first kappa shape index (κ1) is 21.9. The third kappa shape index (κ3) is 4.34. The lowest BCUT2D eigenvalue weighted by atomic mass is 10.2. The Morgan fingerprint density at radius 3 is 2.38 bits per heavy atom. The number of hydrogen-bond acceptors (Lipinski definition) is 3. The summed E-state index contributed by atoms with van der Waals surface area (Å²) in [6, 6.07) is 11.0. The van der Waals surface area contributed by atoms with Crippen molar-refractivity contribution >= 4 is 29.2 Å². The number of amides is 3. The molecular formula is C24H26ClN5O2. The lowest BCUT2D eigenvalue weighted by Crippen LogP contribution is -2.51. The minimum absolute atomic E-state index is 0.0152. The van der Waals surface area contributed by atoms with Gasteiger partial charge >= 0.3 is 6.03 Å². The maximum atomic E-state index is 13.2. The van der Waals surface area contributed by atoms with Gasteiger partial charge in [0.05, 0.1) is 17.4 Å². The molecule has 0 radical (unpaired) electrons. The van der Waals surface area contributed by atoms with E-state index in [4.69, 9.17) is 11.6 Å². The summed E-state index contributed by atoms with van der Waals surface area (Å²) < 4.78 is 2.04. The molecule has 3 amide bonds. The van der Waals surface area contributed by atoms with Crippen LogP contribution in [0.5, 0.6) is 0 Å². The van der Waals surface area contributed by atoms with Gasteiger partial charge in [-0.15, -0.1) is 0 Å². The van der Waals surface area contributed by atoms with E-state index in [1.54, 1.807) is 23.4 Å². The highest BCUT2D eigenvalue weighted by Crippen LogP contribution is 2.23. The van der Waals surface area contributed by atoms with E-state index in [0.29, 0.717) is 42.5 Å². The molecule has 0 saturated carbocycles. The average molecular weight is 452 g/mol. The number of anilines is 1. The van der Waals surface area contributed by atoms with Gasteiger partial charge in [-0.05, 0) is 56.7 Å². The minimum Gasteiger partial charge on any atom is -0.335 e. The van der Waals surface area contributed by atoms with Gasteiger partial charge in [-0.3, -0.25) is 9.78 Å². The number of benzene rings is 1. The molecule has 32 heavy (non-hydrogen) atoms. The molecule has 1 aromatic carbocycles. The van der Waals surface area contributed by atoms with Crippen LogP contribution < -0.4 is 5.32 Å². The lowest BCUT2D eigenvalue weighted by molar-refractivity contribution is 0.0671. The maximum absolute atomic E-state index is 13.2. The second-order valence-electron chi connectivity index (χ2n) is 8.00. The highest BCUT2D eigenvalue weighted by molar-refractivity contribution is 6.31. The van der Waals surface area contributed by atoms with Crippen LogP contribution in [0.4, 0.5) is 10.5 Å². The molecule has 1 aliphatic heterocycles. The van der Waals surface area contributed by atoms with Crippen LogP contribution >= 0.6 is 11.6 Å². The van der Waals surface area contributed by atoms with Crippen molar-refractivity contribution in [2.75, 3.05) is 31.5 Å². The number of hydrogen-bond donors (Lipinski definition) is 1. The highest BCUT2D eigenvalue weighted by atomic mass is 35.5. The molecule has 1 fully saturated rings. The summed E-state index contributed by atoms with van der Waals surface area (Å²) in [6.07, 6.45) is 3.51. The molecule has 3 aromatic rings. The van der Waals surface area contributed by atoms with Gasteiger partial charge in [0.15, 0.2) is 0 Å². The van der Waals surface area contributed by atoms with Crippen molar-refractivity contribution < 1.29 is 9.59 Å². The van der Waals surface area contributed by atoms with Crippen LogP contribution in [0, 0.1) is 20.8 Å². The van der Waals surface area contributed by atoms with Crippen LogP contribution in [0.15, 0.2) is 48.8 Å². The van der Waals surface area contributed by atoms with Crippen LogP contribution in [-0.4, -0.2) is 57.5 Å². The first-order chi connectivity index (χ1) is 15.3. The Hall–Kier alpha value is -3.32. The van der Waals surface area contributed by atoms with Gasteiger partial charge in [-0.25, -0.2) is 4.79 Å². The quantitative estimate of drug-likeness (QED) is 0.639. The molecule has 0 bridgehead atoms. The number of pyridine rings is 1. The number of rotatable bonds is 3. The Morgan fingerprint density at radius 2 is 1.72 bits per heavy atom. The molecule has 8 heteroatoms. The Morgan fingerprint density at radius 1 is 1.00 bits per heavy atom. The fourth-order valence-corrected chi connectivity index (χ4v) is 4.20. The summed E-state index contributed by atoms with van der Waals surface area (Å²) in [5.41, 5.74) is 5.09. The largest absolute Gasteiger partial charge is 0.335 e. The van der Waals surface area contributed by atoms with Gasteiger partial charge in [-0.2, -0.15) is 0 Å². The zero-order valence-electron chi connectivity index (χ0n) is 18.4. The molecular weight excluding hydrogens is 426 g/mol. The molecule has 7 nitrogen and oxygen atoms in total. The Labute approximate surface area is 192 Å². The summed E-state index contributed by atoms with van der Waals surface area (Å²) in [6.45, 7) is 7.75. The van der Waals surface area contributed by atoms with Gasteiger partial charge in [0.25, 0.3) is 5.91 Å². The molecule has 4 rings (SSSR count). The van der Waals surface area contributed by atoms with Gasteiger partial charge in [-0.1, -0.05) is 17.7 Å². The van der Waals surface area contributed by atoms with Crippen molar-refractivity contribution in [2.24, 2.45) is 0 Å². The summed E-state index contributed by atoms with van der Waals surface area (Å²) in [4.78, 5) is 33.6. The SMILES string of the molecule is Cc1ccc(NC(=O)N2CCN(C(=O)c3cc(C)n(-c4cccnc4)c3C)CC2)cc1Cl. The standard InChI is InChI=1S/C24H26ClN5O2/c1-16-6-7-19(14-22(16)25)27-24(32)29-11-9-28(10-12-29)23(31)21-13-17(2)30(18(21)3)20-5-4-8-26-15-20/h4-8,13-15H,9-12H2,1-3H3,(H,27,32). The topological polar surface area (TPSA) is 70.5 Å². The number of carbonyl (C=O) groups excluding carboxylic acids is 2. The molecule has 0 spiro atoms. The number of aryl methyl sites for hydroxylation is 2. The summed E-state index contributed by atoms with van der Waals surface area (Å²) in [5.74, 6) is -0.0152. The van der Waals surface area contributed by atoms with Crippen LogP contribution in [0.25, 0.3) is 5.69 Å². The molecule has 0 unspecified atom stereocenters. The molecule has 166 valence electrons. The van der Waals surface area contributed by atoms with Crippen molar-refractivity contribution in [1.82, 2.24) is 19.4 Å². The molecule has 0 atom stereocenters. The third-order valence-corrected chi connectivity index (χ3v) is 6.25. The number of aromatic nitrogens is 2. The number of urea groups is 1. The van der Waals surface area contributed by atoms with Crippen LogP contribution in [-0.2, 0) is 0 Å². The Balaban J connectivity index is 1.41. The van der Waals surface area contributed by atoms with Gasteiger partial charge in [0, 0.05) is 54.5 Å². The first-order valence-electron chi connectivity index (χ1n) is 10.6. The van der Waals surface area contributed by atoms with Crippen LogP contribution in [0.2, 0.25) is 5.02 Å². The number of nitrogens with one attached hydrogen (secondary N) is 1. The summed E-state index contributed by atoms with van der Waals surface area (Å²) in [5, 5.41) is 3.50. The summed E-state index contributed by atoms with van der Waals surface area (Å²) >= 11 is 6.15. The Bertz CT molecular complexity index is 1150. The maximum Gasteiger partial charge on any atom is 0.321 e. The smallest absolute Gasteiger partial charge is 0.321 e. The normalized spacial score (nSPS) is 13.9. The van der Waals surface area contributed by atoms with Crippen molar-refractivity contribution in [3.63, 3.8) is 0 Å². The molecule has 1 saturated heterocycles. The van der Waals surface area contributed by atoms with E-state index in [9.17, 15) is 9.59 Å². The molecule has 1 N–H and O–H groups in total. The van der Waals surface area contributed by atoms with Crippen molar-refractivity contribution in [3.8, 4) is 5.69 Å². The monoisotopic (exact) mass is 451 g/mol. The molecule has 2 aromatic heterocycles. The van der Waals surface area contributed by atoms with Gasteiger partial charge < -0.3 is 19.7 Å². The molecule has 3 heterocycles. The Kier molecular flexibility index (Phi) is 6.19. The zero-order chi connectivity index (χ0) is 22.8. The van der Waals surface area contributed by atoms with E-state index in [2.05, 4.69) is 10.3 Å². The van der Waals surface area contributed by atoms with E-state index in [1.165, 1.54) is 0 Å². The van der Waals surface area contributed by atoms with Crippen LogP contribution in [0.3, 0.4) is 0 Å². The minimum atomic E-state index is -0.188. The zero-order valence-corrected chi connectivity index (χ0v) is 19.2. The van der Waals surface area contributed by atoms with Gasteiger partial charge in [0.2, 0.25) is 0 Å². The predicted molar refractivity (Wildman–Crippen MR) is 126 cm³/mol. The molecule has 0 aliphatic carbocycles. The van der Waals surface area contributed by atoms with E-state index < -0.39 is 0 Å². The second kappa shape index (κ2) is 9.04. The van der Waals surface area contributed by atoms with Crippen molar-refractivity contribution in [1.29, 1.82) is 0 Å². The van der Waals surface area contributed by atoms with E-state index in [1.807, 2.05) is 60.6 Å². The third-order valence-electron chi connectivity index (χ3n) is 5.84. The number of nitrogens with zero attached hydrogens (tertiary/aromatic N) is 4. The second-order valence-corrected chi connectivity index (χ2v) is 8.41. The van der Waals surface area contributed by atoms with Crippen LogP contribution in [0.1, 0.15) is 27.3 Å². The van der Waals surface area contributed by atoms with E-state index in [-0.39, 0.29) is 11.9 Å². The van der Waals surface area contributed by atoms with Crippen molar-refractivity contribution in [2.45, 2.75) is 20.8 Å². The number of piperazine rings is 1. The number of halogens is 1. The fraction of sp³-hybridized carbons (Fsp3) is 0.292. The molecule has 1 aliphatic rings. The summed E-state index contributed by atoms with van der Waals surface area (Å²) in [7, 11) is 0. The van der Waals surface area contributed by atoms with Crippen molar-refractivity contribution in [3.05, 3.63) is 76.3 Å². The van der Waals surface area contributed by atoms with E-state index >= 15 is 0 Å².